The van der Waals surface area contributed by atoms with E-state index < -0.39 is 18.2 Å². The third kappa shape index (κ3) is 7.09. The van der Waals surface area contributed by atoms with Gasteiger partial charge in [-0.25, -0.2) is 4.79 Å². The number of ether oxygens (including phenoxy) is 3. The number of aliphatic hydroxyl groups excluding tert-OH is 2. The zero-order valence-corrected chi connectivity index (χ0v) is 14.8. The molecule has 138 valence electrons. The van der Waals surface area contributed by atoms with Crippen molar-refractivity contribution in [2.75, 3.05) is 26.9 Å². The monoisotopic (exact) mass is 350 g/mol. The smallest absolute Gasteiger partial charge is 0.330 e. The summed E-state index contributed by atoms with van der Waals surface area (Å²) in [6, 6.07) is 6.93. The van der Waals surface area contributed by atoms with E-state index in [-0.39, 0.29) is 13.2 Å². The number of aliphatic hydroxyl groups is 2. The molecule has 6 heteroatoms. The molecule has 0 saturated carbocycles. The van der Waals surface area contributed by atoms with Gasteiger partial charge in [-0.15, -0.1) is 0 Å². The van der Waals surface area contributed by atoms with Crippen LogP contribution in [0, 0.1) is 0 Å². The van der Waals surface area contributed by atoms with Crippen molar-refractivity contribution < 1.29 is 29.2 Å². The summed E-state index contributed by atoms with van der Waals surface area (Å²) >= 11 is 0. The largest absolute Gasteiger partial charge is 0.491 e. The van der Waals surface area contributed by atoms with Crippen LogP contribution in [-0.4, -0.2) is 49.2 Å². The van der Waals surface area contributed by atoms with Gasteiger partial charge in [0.1, 0.15) is 24.6 Å². The zero-order valence-electron chi connectivity index (χ0n) is 14.8. The molecule has 0 spiro atoms. The topological polar surface area (TPSA) is 85.2 Å². The molecule has 0 amide bonds. The Hall–Kier alpha value is -2.15. The summed E-state index contributed by atoms with van der Waals surface area (Å²) in [5, 5.41) is 19.3. The number of carbonyl (C=O) groups is 1. The molecule has 0 heterocycles. The van der Waals surface area contributed by atoms with Crippen LogP contribution in [0.4, 0.5) is 0 Å². The number of methoxy groups -OCH3 is 1. The highest BCUT2D eigenvalue weighted by Gasteiger charge is 2.22. The number of hydrogen-bond donors (Lipinski definition) is 2. The van der Waals surface area contributed by atoms with E-state index in [9.17, 15) is 9.90 Å². The minimum Gasteiger partial charge on any atom is -0.491 e. The maximum Gasteiger partial charge on any atom is 0.330 e. The van der Waals surface area contributed by atoms with Crippen LogP contribution in [0.2, 0.25) is 0 Å². The zero-order chi connectivity index (χ0) is 18.7. The Balaban J connectivity index is 2.78. The van der Waals surface area contributed by atoms with Gasteiger partial charge >= 0.3 is 5.97 Å². The summed E-state index contributed by atoms with van der Waals surface area (Å²) in [5.74, 6) is 0.197. The molecule has 0 bridgehead atoms. The fourth-order valence-electron chi connectivity index (χ4n) is 2.23. The van der Waals surface area contributed by atoms with E-state index in [4.69, 9.17) is 19.3 Å². The molecule has 2 N–H and O–H groups in total. The van der Waals surface area contributed by atoms with Crippen LogP contribution in [-0.2, 0) is 14.3 Å². The molecule has 1 rings (SSSR count). The van der Waals surface area contributed by atoms with Gasteiger partial charge in [0.15, 0.2) is 0 Å². The molecule has 0 aliphatic heterocycles. The second-order valence-corrected chi connectivity index (χ2v) is 5.26. The second kappa shape index (κ2) is 11.4. The fourth-order valence-corrected chi connectivity index (χ4v) is 2.23. The van der Waals surface area contributed by atoms with Gasteiger partial charge < -0.3 is 24.4 Å². The lowest BCUT2D eigenvalue weighted by molar-refractivity contribution is -0.137. The highest BCUT2D eigenvalue weighted by molar-refractivity contribution is 5.82. The van der Waals surface area contributed by atoms with Crippen molar-refractivity contribution in [3.8, 4) is 5.75 Å². The second-order valence-electron chi connectivity index (χ2n) is 5.26. The van der Waals surface area contributed by atoms with Crippen LogP contribution in [0.5, 0.6) is 5.75 Å². The van der Waals surface area contributed by atoms with E-state index >= 15 is 0 Å². The summed E-state index contributed by atoms with van der Waals surface area (Å²) in [6.45, 7) is 4.04. The Kier molecular flexibility index (Phi) is 9.54. The molecule has 1 aromatic carbocycles. The fraction of sp³-hybridized carbons (Fsp3) is 0.421. The minimum absolute atomic E-state index is 0.0561. The van der Waals surface area contributed by atoms with Crippen molar-refractivity contribution in [1.82, 2.24) is 0 Å². The number of allylic oxidation sites excluding steroid dienone is 2. The molecule has 0 aliphatic carbocycles. The van der Waals surface area contributed by atoms with E-state index in [2.05, 4.69) is 0 Å². The Morgan fingerprint density at radius 3 is 2.52 bits per heavy atom. The molecule has 0 saturated heterocycles. The summed E-state index contributed by atoms with van der Waals surface area (Å²) in [4.78, 5) is 11.3. The van der Waals surface area contributed by atoms with Gasteiger partial charge in [-0.2, -0.15) is 0 Å². The van der Waals surface area contributed by atoms with Gasteiger partial charge in [0.05, 0.1) is 13.2 Å². The maximum absolute atomic E-state index is 11.3. The minimum atomic E-state index is -0.871. The van der Waals surface area contributed by atoms with Crippen molar-refractivity contribution in [1.29, 1.82) is 0 Å². The van der Waals surface area contributed by atoms with Gasteiger partial charge in [0, 0.05) is 13.2 Å². The van der Waals surface area contributed by atoms with Crippen molar-refractivity contribution in [3.05, 3.63) is 53.6 Å². The van der Waals surface area contributed by atoms with Crippen LogP contribution in [0.1, 0.15) is 25.5 Å². The molecule has 0 radical (unpaired) electrons. The third-order valence-electron chi connectivity index (χ3n) is 3.45. The molecular formula is C19H26O6. The summed E-state index contributed by atoms with van der Waals surface area (Å²) in [6.07, 6.45) is 3.16. The molecule has 0 aliphatic rings. The number of hydrogen-bond acceptors (Lipinski definition) is 6. The molecular weight excluding hydrogens is 324 g/mol. The molecule has 1 aromatic rings. The summed E-state index contributed by atoms with van der Waals surface area (Å²) in [7, 11) is 1.51. The van der Waals surface area contributed by atoms with Gasteiger partial charge in [-0.3, -0.25) is 0 Å². The number of esters is 1. The number of rotatable bonds is 10. The summed E-state index contributed by atoms with van der Waals surface area (Å²) < 4.78 is 15.5. The molecule has 2 atom stereocenters. The van der Waals surface area contributed by atoms with Crippen molar-refractivity contribution in [3.63, 3.8) is 0 Å². The Labute approximate surface area is 148 Å². The lowest BCUT2D eigenvalue weighted by Gasteiger charge is -2.23. The van der Waals surface area contributed by atoms with Crippen LogP contribution in [0.25, 0.3) is 0 Å². The molecule has 0 aromatic heterocycles. The normalized spacial score (nSPS) is 14.4. The SMILES string of the molecule is CCOC(=O)/C=C/C=C(\C)[C@@H](OC)[C@H](O)c1ccc(OCCO)cc1. The predicted molar refractivity (Wildman–Crippen MR) is 94.3 cm³/mol. The standard InChI is InChI=1S/C19H26O6/c1-4-24-17(21)7-5-6-14(2)19(23-3)18(22)15-8-10-16(11-9-15)25-13-12-20/h5-11,18-20,22H,4,12-13H2,1-3H3/b7-5+,14-6+/t18-,19-/m1/s1. The maximum atomic E-state index is 11.3. The van der Waals surface area contributed by atoms with Gasteiger partial charge in [-0.05, 0) is 37.1 Å². The van der Waals surface area contributed by atoms with Gasteiger partial charge in [0.2, 0.25) is 0 Å². The molecule has 0 fully saturated rings. The van der Waals surface area contributed by atoms with E-state index in [0.29, 0.717) is 17.9 Å². The van der Waals surface area contributed by atoms with Crippen molar-refractivity contribution in [2.24, 2.45) is 0 Å². The Morgan fingerprint density at radius 2 is 1.96 bits per heavy atom. The average molecular weight is 350 g/mol. The Morgan fingerprint density at radius 1 is 1.28 bits per heavy atom. The van der Waals surface area contributed by atoms with E-state index in [1.54, 1.807) is 43.3 Å². The molecule has 6 nitrogen and oxygen atoms in total. The highest BCUT2D eigenvalue weighted by atomic mass is 16.5. The lowest BCUT2D eigenvalue weighted by atomic mass is 9.98. The van der Waals surface area contributed by atoms with Crippen LogP contribution >= 0.6 is 0 Å². The van der Waals surface area contributed by atoms with Crippen molar-refractivity contribution in [2.45, 2.75) is 26.1 Å². The van der Waals surface area contributed by atoms with Crippen LogP contribution < -0.4 is 4.74 Å². The lowest BCUT2D eigenvalue weighted by Crippen LogP contribution is -2.22. The first kappa shape index (κ1) is 20.9. The van der Waals surface area contributed by atoms with Crippen molar-refractivity contribution >= 4 is 5.97 Å². The van der Waals surface area contributed by atoms with E-state index in [1.165, 1.54) is 13.2 Å². The quantitative estimate of drug-likeness (QED) is 0.382. The summed E-state index contributed by atoms with van der Waals surface area (Å²) in [5.41, 5.74) is 1.43. The van der Waals surface area contributed by atoms with Crippen LogP contribution in [0.15, 0.2) is 48.1 Å². The van der Waals surface area contributed by atoms with E-state index in [0.717, 1.165) is 5.57 Å². The average Bonchev–Trinajstić information content (AvgIpc) is 2.61. The van der Waals surface area contributed by atoms with Gasteiger partial charge in [-0.1, -0.05) is 24.3 Å². The molecule has 25 heavy (non-hydrogen) atoms. The first-order valence-electron chi connectivity index (χ1n) is 8.09. The van der Waals surface area contributed by atoms with Crippen LogP contribution in [0.3, 0.4) is 0 Å². The highest BCUT2D eigenvalue weighted by Crippen LogP contribution is 2.25. The Bertz CT molecular complexity index is 576. The third-order valence-corrected chi connectivity index (χ3v) is 3.45. The number of carbonyl (C=O) groups excluding carboxylic acids is 1. The van der Waals surface area contributed by atoms with E-state index in [1.807, 2.05) is 6.92 Å². The first-order valence-corrected chi connectivity index (χ1v) is 8.09. The predicted octanol–water partition coefficient (Wildman–Crippen LogP) is 2.17. The first-order chi connectivity index (χ1) is 12.0. The number of benzene rings is 1. The van der Waals surface area contributed by atoms with Gasteiger partial charge in [0.25, 0.3) is 0 Å². The molecule has 0 unspecified atom stereocenters.